The maximum Gasteiger partial charge on any atom is 0.287 e. The summed E-state index contributed by atoms with van der Waals surface area (Å²) in [4.78, 5) is 14.3. The second-order valence-electron chi connectivity index (χ2n) is 6.01. The van der Waals surface area contributed by atoms with Gasteiger partial charge in [-0.25, -0.2) is 0 Å². The van der Waals surface area contributed by atoms with Crippen molar-refractivity contribution in [2.75, 3.05) is 20.6 Å². The van der Waals surface area contributed by atoms with E-state index >= 15 is 0 Å². The Labute approximate surface area is 149 Å². The number of carbonyl (C=O) groups is 1. The van der Waals surface area contributed by atoms with Crippen LogP contribution in [0.3, 0.4) is 0 Å². The van der Waals surface area contributed by atoms with E-state index in [1.165, 1.54) is 16.5 Å². The van der Waals surface area contributed by atoms with E-state index in [1.807, 2.05) is 33.3 Å². The van der Waals surface area contributed by atoms with Crippen LogP contribution in [0.2, 0.25) is 0 Å². The molecule has 0 aliphatic rings. The van der Waals surface area contributed by atoms with E-state index in [0.717, 1.165) is 0 Å². The van der Waals surface area contributed by atoms with Gasteiger partial charge in [-0.05, 0) is 53.8 Å². The van der Waals surface area contributed by atoms with Crippen LogP contribution in [0.1, 0.15) is 22.2 Å². The Morgan fingerprint density at radius 3 is 2.71 bits per heavy atom. The van der Waals surface area contributed by atoms with Gasteiger partial charge in [0.05, 0.1) is 6.04 Å². The van der Waals surface area contributed by atoms with E-state index in [2.05, 4.69) is 49.0 Å². The molecule has 0 saturated carbocycles. The molecule has 1 unspecified atom stereocenters. The number of hydrogen-bond acceptors (Lipinski definition) is 3. The van der Waals surface area contributed by atoms with Gasteiger partial charge in [0.1, 0.15) is 0 Å². The molecule has 0 aliphatic heterocycles. The van der Waals surface area contributed by atoms with E-state index in [0.29, 0.717) is 17.0 Å². The number of likely N-dealkylation sites (N-methyl/N-ethyl adjacent to an activating group) is 1. The van der Waals surface area contributed by atoms with Gasteiger partial charge in [-0.2, -0.15) is 0 Å². The monoisotopic (exact) mass is 389 g/mol. The van der Waals surface area contributed by atoms with Gasteiger partial charge in [0.25, 0.3) is 5.91 Å². The lowest BCUT2D eigenvalue weighted by atomic mass is 10.0. The molecule has 2 heterocycles. The van der Waals surface area contributed by atoms with Gasteiger partial charge in [0.15, 0.2) is 10.4 Å². The number of carbonyl (C=O) groups excluding carboxylic acids is 1. The zero-order valence-electron chi connectivity index (χ0n) is 13.9. The van der Waals surface area contributed by atoms with E-state index < -0.39 is 0 Å². The van der Waals surface area contributed by atoms with Crippen molar-refractivity contribution in [3.8, 4) is 0 Å². The van der Waals surface area contributed by atoms with Crippen molar-refractivity contribution < 1.29 is 9.21 Å². The summed E-state index contributed by atoms with van der Waals surface area (Å²) in [6, 6.07) is 11.7. The second-order valence-corrected chi connectivity index (χ2v) is 6.79. The number of halogens is 1. The Balaban J connectivity index is 1.83. The average molecular weight is 390 g/mol. The van der Waals surface area contributed by atoms with Crippen LogP contribution in [-0.4, -0.2) is 36.0 Å². The topological polar surface area (TPSA) is 50.4 Å². The van der Waals surface area contributed by atoms with E-state index in [1.54, 1.807) is 12.1 Å². The number of benzene rings is 1. The SMILES string of the molecule is CN(C)C(CNC(=O)c1ccc(Br)o1)c1cn(C)c2ccccc12. The highest BCUT2D eigenvalue weighted by Gasteiger charge is 2.21. The summed E-state index contributed by atoms with van der Waals surface area (Å²) >= 11 is 3.21. The maximum atomic E-state index is 12.2. The summed E-state index contributed by atoms with van der Waals surface area (Å²) in [5.74, 6) is 0.0880. The fraction of sp³-hybridized carbons (Fsp3) is 0.278. The number of fused-ring (bicyclic) bond motifs is 1. The number of rotatable bonds is 5. The first-order valence-electron chi connectivity index (χ1n) is 7.71. The minimum absolute atomic E-state index is 0.0680. The van der Waals surface area contributed by atoms with Crippen LogP contribution < -0.4 is 5.32 Å². The van der Waals surface area contributed by atoms with E-state index in [4.69, 9.17) is 4.42 Å². The molecule has 0 fully saturated rings. The minimum Gasteiger partial charge on any atom is -0.444 e. The standard InChI is InChI=1S/C18H20BrN3O2/c1-21(2)15(10-20-18(23)16-8-9-17(19)24-16)13-11-22(3)14-7-5-4-6-12(13)14/h4-9,11,15H,10H2,1-3H3,(H,20,23). The molecule has 3 rings (SSSR count). The largest absolute Gasteiger partial charge is 0.444 e. The lowest BCUT2D eigenvalue weighted by Gasteiger charge is -2.24. The molecule has 24 heavy (non-hydrogen) atoms. The summed E-state index contributed by atoms with van der Waals surface area (Å²) in [5, 5.41) is 4.16. The smallest absolute Gasteiger partial charge is 0.287 e. The van der Waals surface area contributed by atoms with Crippen LogP contribution in [0.25, 0.3) is 10.9 Å². The van der Waals surface area contributed by atoms with Gasteiger partial charge in [0, 0.05) is 30.7 Å². The number of aryl methyl sites for hydroxylation is 1. The third kappa shape index (κ3) is 3.25. The predicted molar refractivity (Wildman–Crippen MR) is 98.1 cm³/mol. The van der Waals surface area contributed by atoms with Crippen LogP contribution in [0, 0.1) is 0 Å². The molecule has 1 N–H and O–H groups in total. The number of furan rings is 1. The molecule has 0 saturated heterocycles. The Bertz CT molecular complexity index is 866. The average Bonchev–Trinajstić information content (AvgIpc) is 3.12. The van der Waals surface area contributed by atoms with Crippen LogP contribution in [-0.2, 0) is 7.05 Å². The van der Waals surface area contributed by atoms with Crippen molar-refractivity contribution in [3.05, 3.63) is 58.6 Å². The molecular weight excluding hydrogens is 370 g/mol. The molecule has 126 valence electrons. The number of amides is 1. The molecule has 1 aromatic carbocycles. The molecule has 1 amide bonds. The molecule has 0 bridgehead atoms. The Morgan fingerprint density at radius 1 is 1.29 bits per heavy atom. The van der Waals surface area contributed by atoms with E-state index in [-0.39, 0.29) is 11.9 Å². The Kier molecular flexibility index (Phi) is 4.78. The summed E-state index contributed by atoms with van der Waals surface area (Å²) in [5.41, 5.74) is 2.37. The Morgan fingerprint density at radius 2 is 2.04 bits per heavy atom. The first kappa shape index (κ1) is 16.8. The third-order valence-corrected chi connectivity index (χ3v) is 4.59. The van der Waals surface area contributed by atoms with Crippen molar-refractivity contribution in [3.63, 3.8) is 0 Å². The summed E-state index contributed by atoms with van der Waals surface area (Å²) in [6.45, 7) is 0.498. The van der Waals surface area contributed by atoms with Crippen LogP contribution in [0.4, 0.5) is 0 Å². The van der Waals surface area contributed by atoms with Crippen molar-refractivity contribution in [1.29, 1.82) is 0 Å². The van der Waals surface area contributed by atoms with Crippen molar-refractivity contribution in [2.24, 2.45) is 7.05 Å². The predicted octanol–water partition coefficient (Wildman–Crippen LogP) is 3.57. The van der Waals surface area contributed by atoms with Crippen LogP contribution in [0.5, 0.6) is 0 Å². The van der Waals surface area contributed by atoms with Crippen LogP contribution >= 0.6 is 15.9 Å². The zero-order valence-corrected chi connectivity index (χ0v) is 15.5. The molecule has 3 aromatic rings. The first-order chi connectivity index (χ1) is 11.5. The van der Waals surface area contributed by atoms with Gasteiger partial charge in [-0.3, -0.25) is 4.79 Å². The number of para-hydroxylation sites is 1. The lowest BCUT2D eigenvalue weighted by Crippen LogP contribution is -2.34. The maximum absolute atomic E-state index is 12.2. The molecule has 1 atom stereocenters. The van der Waals surface area contributed by atoms with Gasteiger partial charge in [-0.15, -0.1) is 0 Å². The highest BCUT2D eigenvalue weighted by Crippen LogP contribution is 2.28. The summed E-state index contributed by atoms with van der Waals surface area (Å²) in [6.07, 6.45) is 2.13. The highest BCUT2D eigenvalue weighted by atomic mass is 79.9. The lowest BCUT2D eigenvalue weighted by molar-refractivity contribution is 0.0913. The molecule has 0 spiro atoms. The number of aromatic nitrogens is 1. The third-order valence-electron chi connectivity index (χ3n) is 4.16. The number of nitrogens with zero attached hydrogens (tertiary/aromatic N) is 2. The molecule has 6 heteroatoms. The molecule has 0 aliphatic carbocycles. The normalized spacial score (nSPS) is 12.7. The first-order valence-corrected chi connectivity index (χ1v) is 8.50. The fourth-order valence-corrected chi connectivity index (χ4v) is 3.23. The van der Waals surface area contributed by atoms with Crippen molar-refractivity contribution >= 4 is 32.7 Å². The fourth-order valence-electron chi connectivity index (χ4n) is 2.92. The van der Waals surface area contributed by atoms with Crippen molar-refractivity contribution in [2.45, 2.75) is 6.04 Å². The summed E-state index contributed by atoms with van der Waals surface area (Å²) in [7, 11) is 6.07. The van der Waals surface area contributed by atoms with Gasteiger partial charge in [-0.1, -0.05) is 18.2 Å². The molecular formula is C18H20BrN3O2. The van der Waals surface area contributed by atoms with Crippen molar-refractivity contribution in [1.82, 2.24) is 14.8 Å². The van der Waals surface area contributed by atoms with Gasteiger partial charge in [0.2, 0.25) is 0 Å². The molecule has 0 radical (unpaired) electrons. The van der Waals surface area contributed by atoms with E-state index in [9.17, 15) is 4.79 Å². The highest BCUT2D eigenvalue weighted by molar-refractivity contribution is 9.10. The van der Waals surface area contributed by atoms with Crippen LogP contribution in [0.15, 0.2) is 51.7 Å². The second kappa shape index (κ2) is 6.83. The zero-order chi connectivity index (χ0) is 17.3. The molecule has 2 aromatic heterocycles. The van der Waals surface area contributed by atoms with Gasteiger partial charge >= 0.3 is 0 Å². The number of nitrogens with one attached hydrogen (secondary N) is 1. The van der Waals surface area contributed by atoms with Gasteiger partial charge < -0.3 is 19.2 Å². The number of hydrogen-bond donors (Lipinski definition) is 1. The molecule has 5 nitrogen and oxygen atoms in total. The summed E-state index contributed by atoms with van der Waals surface area (Å²) < 4.78 is 7.97. The Hall–Kier alpha value is -2.05. The minimum atomic E-state index is -0.215. The quantitative estimate of drug-likeness (QED) is 0.725.